The van der Waals surface area contributed by atoms with Crippen LogP contribution in [-0.2, 0) is 6.42 Å². The minimum absolute atomic E-state index is 0.309. The van der Waals surface area contributed by atoms with Crippen LogP contribution in [0.25, 0.3) is 0 Å². The molecule has 0 spiro atoms. The molecule has 1 aliphatic heterocycles. The second-order valence-corrected chi connectivity index (χ2v) is 5.43. The highest BCUT2D eigenvalue weighted by atomic mass is 32.2. The Morgan fingerprint density at radius 1 is 1.47 bits per heavy atom. The molecule has 0 amide bonds. The highest BCUT2D eigenvalue weighted by Gasteiger charge is 2.22. The third kappa shape index (κ3) is 3.39. The Balaban J connectivity index is 1.79. The van der Waals surface area contributed by atoms with Gasteiger partial charge in [-0.1, -0.05) is 25.1 Å². The molecule has 2 rings (SSSR count). The average Bonchev–Trinajstić information content (AvgIpc) is 2.77. The van der Waals surface area contributed by atoms with Crippen LogP contribution in [0.3, 0.4) is 0 Å². The Morgan fingerprint density at radius 2 is 2.29 bits per heavy atom. The zero-order valence-corrected chi connectivity index (χ0v) is 11.4. The van der Waals surface area contributed by atoms with E-state index in [1.165, 1.54) is 17.7 Å². The summed E-state index contributed by atoms with van der Waals surface area (Å²) in [5.41, 5.74) is 1.34. The van der Waals surface area contributed by atoms with E-state index in [4.69, 9.17) is 4.74 Å². The lowest BCUT2D eigenvalue weighted by molar-refractivity contribution is 0.222. The van der Waals surface area contributed by atoms with Crippen molar-refractivity contribution in [3.05, 3.63) is 29.8 Å². The van der Waals surface area contributed by atoms with Gasteiger partial charge >= 0.3 is 0 Å². The third-order valence-electron chi connectivity index (χ3n) is 3.21. The molecule has 0 fully saturated rings. The Kier molecular flexibility index (Phi) is 4.75. The lowest BCUT2D eigenvalue weighted by Gasteiger charge is -2.18. The molecule has 94 valence electrons. The number of para-hydroxylation sites is 1. The van der Waals surface area contributed by atoms with Crippen LogP contribution in [0.1, 0.15) is 18.9 Å². The van der Waals surface area contributed by atoms with Gasteiger partial charge in [-0.2, -0.15) is 11.8 Å². The van der Waals surface area contributed by atoms with E-state index < -0.39 is 0 Å². The predicted molar refractivity (Wildman–Crippen MR) is 75.0 cm³/mol. The molecule has 1 heterocycles. The normalized spacial score (nSPS) is 19.8. The lowest BCUT2D eigenvalue weighted by atomic mass is 10.1. The number of benzene rings is 1. The summed E-state index contributed by atoms with van der Waals surface area (Å²) >= 11 is 1.90. The van der Waals surface area contributed by atoms with E-state index in [2.05, 4.69) is 36.7 Å². The topological polar surface area (TPSA) is 21.3 Å². The summed E-state index contributed by atoms with van der Waals surface area (Å²) in [5.74, 6) is 2.24. The van der Waals surface area contributed by atoms with Crippen molar-refractivity contribution in [1.29, 1.82) is 0 Å². The van der Waals surface area contributed by atoms with Crippen molar-refractivity contribution in [2.45, 2.75) is 31.9 Å². The summed E-state index contributed by atoms with van der Waals surface area (Å²) in [7, 11) is 0. The smallest absolute Gasteiger partial charge is 0.123 e. The molecule has 0 saturated heterocycles. The highest BCUT2D eigenvalue weighted by Crippen LogP contribution is 2.27. The SMILES string of the molecule is CCC(CSC)NCC1Cc2ccccc2O1. The van der Waals surface area contributed by atoms with Crippen molar-refractivity contribution >= 4 is 11.8 Å². The number of nitrogens with one attached hydrogen (secondary N) is 1. The molecule has 17 heavy (non-hydrogen) atoms. The van der Waals surface area contributed by atoms with Gasteiger partial charge in [0.05, 0.1) is 0 Å². The maximum absolute atomic E-state index is 5.91. The zero-order chi connectivity index (χ0) is 12.1. The maximum Gasteiger partial charge on any atom is 0.123 e. The van der Waals surface area contributed by atoms with E-state index in [1.807, 2.05) is 17.8 Å². The van der Waals surface area contributed by atoms with Gasteiger partial charge in [0.15, 0.2) is 0 Å². The molecular formula is C14H21NOS. The first-order valence-electron chi connectivity index (χ1n) is 6.30. The van der Waals surface area contributed by atoms with Crippen LogP contribution in [0.2, 0.25) is 0 Å². The summed E-state index contributed by atoms with van der Waals surface area (Å²) in [6, 6.07) is 8.96. The molecule has 0 saturated carbocycles. The van der Waals surface area contributed by atoms with E-state index in [0.29, 0.717) is 12.1 Å². The first kappa shape index (κ1) is 12.8. The fourth-order valence-electron chi connectivity index (χ4n) is 2.19. The largest absolute Gasteiger partial charge is 0.488 e. The minimum atomic E-state index is 0.309. The fourth-order valence-corrected chi connectivity index (χ4v) is 2.94. The summed E-state index contributed by atoms with van der Waals surface area (Å²) in [5, 5.41) is 3.60. The molecule has 0 aliphatic carbocycles. The van der Waals surface area contributed by atoms with Gasteiger partial charge in [-0.3, -0.25) is 0 Å². The van der Waals surface area contributed by atoms with Gasteiger partial charge in [0, 0.05) is 24.8 Å². The van der Waals surface area contributed by atoms with Gasteiger partial charge in [0.25, 0.3) is 0 Å². The van der Waals surface area contributed by atoms with E-state index >= 15 is 0 Å². The summed E-state index contributed by atoms with van der Waals surface area (Å²) in [4.78, 5) is 0. The summed E-state index contributed by atoms with van der Waals surface area (Å²) in [6.45, 7) is 3.19. The van der Waals surface area contributed by atoms with Crippen molar-refractivity contribution in [2.24, 2.45) is 0 Å². The second kappa shape index (κ2) is 6.31. The monoisotopic (exact) mass is 251 g/mol. The molecule has 3 heteroatoms. The molecule has 2 atom stereocenters. The number of rotatable bonds is 6. The Bertz CT molecular complexity index is 331. The van der Waals surface area contributed by atoms with Gasteiger partial charge in [-0.25, -0.2) is 0 Å². The van der Waals surface area contributed by atoms with Gasteiger partial charge in [-0.05, 0) is 24.3 Å². The number of hydrogen-bond acceptors (Lipinski definition) is 3. The number of hydrogen-bond donors (Lipinski definition) is 1. The Labute approximate surface area is 108 Å². The lowest BCUT2D eigenvalue weighted by Crippen LogP contribution is -2.38. The van der Waals surface area contributed by atoms with Crippen LogP contribution >= 0.6 is 11.8 Å². The van der Waals surface area contributed by atoms with Crippen LogP contribution in [0.5, 0.6) is 5.75 Å². The van der Waals surface area contributed by atoms with Crippen molar-refractivity contribution < 1.29 is 4.74 Å². The maximum atomic E-state index is 5.91. The van der Waals surface area contributed by atoms with E-state index in [9.17, 15) is 0 Å². The number of thioether (sulfide) groups is 1. The first-order chi connectivity index (χ1) is 8.33. The number of ether oxygens (including phenoxy) is 1. The summed E-state index contributed by atoms with van der Waals surface area (Å²) < 4.78 is 5.91. The van der Waals surface area contributed by atoms with Crippen LogP contribution in [0.15, 0.2) is 24.3 Å². The molecule has 0 aromatic heterocycles. The van der Waals surface area contributed by atoms with Crippen molar-refractivity contribution in [2.75, 3.05) is 18.6 Å². The van der Waals surface area contributed by atoms with E-state index in [1.54, 1.807) is 0 Å². The van der Waals surface area contributed by atoms with Crippen molar-refractivity contribution in [3.63, 3.8) is 0 Å². The second-order valence-electron chi connectivity index (χ2n) is 4.52. The van der Waals surface area contributed by atoms with Gasteiger partial charge in [-0.15, -0.1) is 0 Å². The van der Waals surface area contributed by atoms with Crippen molar-refractivity contribution in [1.82, 2.24) is 5.32 Å². The van der Waals surface area contributed by atoms with Crippen LogP contribution in [0, 0.1) is 0 Å². The van der Waals surface area contributed by atoms with Crippen LogP contribution < -0.4 is 10.1 Å². The first-order valence-corrected chi connectivity index (χ1v) is 7.69. The molecule has 1 aromatic rings. The molecule has 0 radical (unpaired) electrons. The Hall–Kier alpha value is -0.670. The van der Waals surface area contributed by atoms with Crippen molar-refractivity contribution in [3.8, 4) is 5.75 Å². The van der Waals surface area contributed by atoms with Gasteiger partial charge in [0.1, 0.15) is 11.9 Å². The highest BCUT2D eigenvalue weighted by molar-refractivity contribution is 7.98. The quantitative estimate of drug-likeness (QED) is 0.840. The molecule has 2 nitrogen and oxygen atoms in total. The zero-order valence-electron chi connectivity index (χ0n) is 10.6. The fraction of sp³-hybridized carbons (Fsp3) is 0.571. The minimum Gasteiger partial charge on any atom is -0.488 e. The molecule has 2 unspecified atom stereocenters. The molecule has 1 N–H and O–H groups in total. The molecule has 1 aliphatic rings. The van der Waals surface area contributed by atoms with E-state index in [0.717, 1.165) is 18.7 Å². The Morgan fingerprint density at radius 3 is 3.00 bits per heavy atom. The van der Waals surface area contributed by atoms with Gasteiger partial charge < -0.3 is 10.1 Å². The standard InChI is InChI=1S/C14H21NOS/c1-3-12(10-17-2)15-9-13-8-11-6-4-5-7-14(11)16-13/h4-7,12-13,15H,3,8-10H2,1-2H3. The average molecular weight is 251 g/mol. The molecule has 0 bridgehead atoms. The molecular weight excluding hydrogens is 230 g/mol. The number of fused-ring (bicyclic) bond motifs is 1. The predicted octanol–water partition coefficient (Wildman–Crippen LogP) is 2.72. The van der Waals surface area contributed by atoms with Crippen LogP contribution in [-0.4, -0.2) is 30.7 Å². The van der Waals surface area contributed by atoms with Crippen LogP contribution in [0.4, 0.5) is 0 Å². The summed E-state index contributed by atoms with van der Waals surface area (Å²) in [6.07, 6.45) is 4.69. The van der Waals surface area contributed by atoms with Gasteiger partial charge in [0.2, 0.25) is 0 Å². The van der Waals surface area contributed by atoms with E-state index in [-0.39, 0.29) is 0 Å². The molecule has 1 aromatic carbocycles. The third-order valence-corrected chi connectivity index (χ3v) is 3.94.